The van der Waals surface area contributed by atoms with Gasteiger partial charge in [-0.3, -0.25) is 0 Å². The number of sulfonamides is 1. The minimum Gasteiger partial charge on any atom is -0.339 e. The minimum absolute atomic E-state index is 0.0384. The van der Waals surface area contributed by atoms with E-state index in [2.05, 4.69) is 10.1 Å². The number of rotatable bonds is 3. The van der Waals surface area contributed by atoms with Crippen molar-refractivity contribution in [2.75, 3.05) is 13.1 Å². The van der Waals surface area contributed by atoms with Crippen LogP contribution in [0.5, 0.6) is 0 Å². The second kappa shape index (κ2) is 6.22. The van der Waals surface area contributed by atoms with Crippen LogP contribution in [-0.2, 0) is 10.0 Å². The average molecular weight is 397 g/mol. The first kappa shape index (κ1) is 17.0. The number of halogens is 3. The molecule has 0 spiro atoms. The Morgan fingerprint density at radius 2 is 1.91 bits per heavy atom. The third-order valence-corrected chi connectivity index (χ3v) is 6.69. The lowest BCUT2D eigenvalue weighted by Crippen LogP contribution is -2.29. The smallest absolute Gasteiger partial charge is 0.244 e. The van der Waals surface area contributed by atoms with Crippen molar-refractivity contribution in [3.63, 3.8) is 0 Å². The van der Waals surface area contributed by atoms with Crippen molar-refractivity contribution >= 4 is 44.8 Å². The van der Waals surface area contributed by atoms with Crippen LogP contribution >= 0.6 is 34.8 Å². The Labute approximate surface area is 148 Å². The zero-order chi connectivity index (χ0) is 16.8. The Morgan fingerprint density at radius 3 is 2.57 bits per heavy atom. The molecule has 1 aliphatic rings. The summed E-state index contributed by atoms with van der Waals surface area (Å²) in [6, 6.07) is 2.60. The van der Waals surface area contributed by atoms with Gasteiger partial charge in [0.25, 0.3) is 0 Å². The maximum absolute atomic E-state index is 12.8. The molecule has 1 fully saturated rings. The fourth-order valence-electron chi connectivity index (χ4n) is 2.47. The SMILES string of the molecule is Cc1noc(C2CCN(S(=O)(=O)c3cc(Cl)c(Cl)cc3Cl)C2)n1. The van der Waals surface area contributed by atoms with Crippen LogP contribution in [0.1, 0.15) is 24.1 Å². The molecule has 0 N–H and O–H groups in total. The summed E-state index contributed by atoms with van der Waals surface area (Å²) in [5.41, 5.74) is 0. The molecule has 1 aliphatic heterocycles. The molecule has 1 aromatic carbocycles. The number of benzene rings is 1. The third kappa shape index (κ3) is 3.21. The summed E-state index contributed by atoms with van der Waals surface area (Å²) in [5.74, 6) is 0.835. The molecule has 0 saturated carbocycles. The second-order valence-corrected chi connectivity index (χ2v) is 8.35. The zero-order valence-corrected chi connectivity index (χ0v) is 15.0. The summed E-state index contributed by atoms with van der Waals surface area (Å²) < 4.78 is 32.0. The normalized spacial score (nSPS) is 19.4. The quantitative estimate of drug-likeness (QED) is 0.742. The van der Waals surface area contributed by atoms with E-state index >= 15 is 0 Å². The largest absolute Gasteiger partial charge is 0.339 e. The van der Waals surface area contributed by atoms with E-state index in [1.54, 1.807) is 6.92 Å². The molecule has 124 valence electrons. The van der Waals surface area contributed by atoms with Gasteiger partial charge in [0.15, 0.2) is 5.82 Å². The monoisotopic (exact) mass is 395 g/mol. The van der Waals surface area contributed by atoms with Gasteiger partial charge in [-0.1, -0.05) is 40.0 Å². The summed E-state index contributed by atoms with van der Waals surface area (Å²) >= 11 is 17.8. The summed E-state index contributed by atoms with van der Waals surface area (Å²) in [4.78, 5) is 4.10. The molecule has 3 rings (SSSR count). The maximum Gasteiger partial charge on any atom is 0.244 e. The molecule has 1 atom stereocenters. The predicted octanol–water partition coefficient (Wildman–Crippen LogP) is 3.52. The molecule has 1 unspecified atom stereocenters. The highest BCUT2D eigenvalue weighted by Crippen LogP contribution is 2.36. The first-order chi connectivity index (χ1) is 10.8. The van der Waals surface area contributed by atoms with Crippen LogP contribution in [0, 0.1) is 6.92 Å². The van der Waals surface area contributed by atoms with E-state index in [-0.39, 0.29) is 32.4 Å². The average Bonchev–Trinajstić information content (AvgIpc) is 3.11. The second-order valence-electron chi connectivity index (χ2n) is 5.23. The van der Waals surface area contributed by atoms with Gasteiger partial charge in [-0.2, -0.15) is 9.29 Å². The fraction of sp³-hybridized carbons (Fsp3) is 0.385. The standard InChI is InChI=1S/C13H12Cl3N3O3S/c1-7-17-13(22-18-7)8-2-3-19(6-8)23(20,21)12-5-10(15)9(14)4-11(12)16/h4-5,8H,2-3,6H2,1H3. The third-order valence-electron chi connectivity index (χ3n) is 3.64. The van der Waals surface area contributed by atoms with Crippen LogP contribution in [0.2, 0.25) is 15.1 Å². The fourth-order valence-corrected chi connectivity index (χ4v) is 4.94. The van der Waals surface area contributed by atoms with Gasteiger partial charge in [0.1, 0.15) is 4.90 Å². The van der Waals surface area contributed by atoms with E-state index in [4.69, 9.17) is 39.3 Å². The molecule has 0 radical (unpaired) electrons. The molecule has 23 heavy (non-hydrogen) atoms. The molecule has 1 aromatic heterocycles. The summed E-state index contributed by atoms with van der Waals surface area (Å²) in [7, 11) is -3.77. The lowest BCUT2D eigenvalue weighted by molar-refractivity contribution is 0.351. The van der Waals surface area contributed by atoms with Gasteiger partial charge in [-0.25, -0.2) is 8.42 Å². The van der Waals surface area contributed by atoms with E-state index in [0.29, 0.717) is 24.7 Å². The van der Waals surface area contributed by atoms with Crippen LogP contribution in [-0.4, -0.2) is 36.0 Å². The van der Waals surface area contributed by atoms with E-state index in [0.717, 1.165) is 0 Å². The Bertz CT molecular complexity index is 853. The minimum atomic E-state index is -3.77. The Hall–Kier alpha value is -0.860. The lowest BCUT2D eigenvalue weighted by atomic mass is 10.1. The van der Waals surface area contributed by atoms with Gasteiger partial charge in [0, 0.05) is 13.1 Å². The highest BCUT2D eigenvalue weighted by atomic mass is 35.5. The number of hydrogen-bond acceptors (Lipinski definition) is 5. The first-order valence-electron chi connectivity index (χ1n) is 6.74. The van der Waals surface area contributed by atoms with Gasteiger partial charge >= 0.3 is 0 Å². The van der Waals surface area contributed by atoms with Crippen molar-refractivity contribution in [1.29, 1.82) is 0 Å². The summed E-state index contributed by atoms with van der Waals surface area (Å²) in [6.45, 7) is 2.30. The molecule has 0 aliphatic carbocycles. The molecular weight excluding hydrogens is 385 g/mol. The van der Waals surface area contributed by atoms with Crippen molar-refractivity contribution in [3.05, 3.63) is 38.9 Å². The highest BCUT2D eigenvalue weighted by Gasteiger charge is 2.36. The van der Waals surface area contributed by atoms with E-state index in [9.17, 15) is 8.42 Å². The maximum atomic E-state index is 12.8. The summed E-state index contributed by atoms with van der Waals surface area (Å²) in [6.07, 6.45) is 0.597. The van der Waals surface area contributed by atoms with Gasteiger partial charge in [0.2, 0.25) is 15.9 Å². The molecule has 2 heterocycles. The van der Waals surface area contributed by atoms with E-state index in [1.807, 2.05) is 0 Å². The highest BCUT2D eigenvalue weighted by molar-refractivity contribution is 7.89. The van der Waals surface area contributed by atoms with E-state index in [1.165, 1.54) is 16.4 Å². The van der Waals surface area contributed by atoms with E-state index < -0.39 is 10.0 Å². The number of nitrogens with zero attached hydrogens (tertiary/aromatic N) is 3. The van der Waals surface area contributed by atoms with Crippen LogP contribution in [0.15, 0.2) is 21.6 Å². The Morgan fingerprint density at radius 1 is 1.22 bits per heavy atom. The molecule has 1 saturated heterocycles. The lowest BCUT2D eigenvalue weighted by Gasteiger charge is -2.17. The Balaban J connectivity index is 1.88. The van der Waals surface area contributed by atoms with Crippen molar-refractivity contribution < 1.29 is 12.9 Å². The van der Waals surface area contributed by atoms with Crippen molar-refractivity contribution in [2.24, 2.45) is 0 Å². The molecule has 6 nitrogen and oxygen atoms in total. The molecular formula is C13H12Cl3N3O3S. The van der Waals surface area contributed by atoms with Gasteiger partial charge in [-0.05, 0) is 25.5 Å². The molecule has 0 bridgehead atoms. The first-order valence-corrected chi connectivity index (χ1v) is 9.31. The van der Waals surface area contributed by atoms with Crippen LogP contribution in [0.3, 0.4) is 0 Å². The number of aromatic nitrogens is 2. The summed E-state index contributed by atoms with van der Waals surface area (Å²) in [5, 5.41) is 4.11. The van der Waals surface area contributed by atoms with Crippen molar-refractivity contribution in [2.45, 2.75) is 24.2 Å². The predicted molar refractivity (Wildman–Crippen MR) is 86.6 cm³/mol. The molecule has 2 aromatic rings. The topological polar surface area (TPSA) is 76.3 Å². The molecule has 0 amide bonds. The zero-order valence-electron chi connectivity index (χ0n) is 12.0. The van der Waals surface area contributed by atoms with Gasteiger partial charge < -0.3 is 4.52 Å². The van der Waals surface area contributed by atoms with Gasteiger partial charge in [0.05, 0.1) is 21.0 Å². The Kier molecular flexibility index (Phi) is 4.59. The van der Waals surface area contributed by atoms with Crippen molar-refractivity contribution in [3.8, 4) is 0 Å². The van der Waals surface area contributed by atoms with Crippen molar-refractivity contribution in [1.82, 2.24) is 14.4 Å². The number of hydrogen-bond donors (Lipinski definition) is 0. The van der Waals surface area contributed by atoms with Crippen LogP contribution in [0.25, 0.3) is 0 Å². The van der Waals surface area contributed by atoms with Crippen LogP contribution in [0.4, 0.5) is 0 Å². The number of aryl methyl sites for hydroxylation is 1. The van der Waals surface area contributed by atoms with Gasteiger partial charge in [-0.15, -0.1) is 0 Å². The van der Waals surface area contributed by atoms with Crippen LogP contribution < -0.4 is 0 Å². The molecule has 10 heteroatoms.